The first-order valence-electron chi connectivity index (χ1n) is 10.5. The molecule has 1 aliphatic rings. The van der Waals surface area contributed by atoms with Crippen molar-refractivity contribution < 1.29 is 9.32 Å². The largest absolute Gasteiger partial charge is 0.355 e. The summed E-state index contributed by atoms with van der Waals surface area (Å²) in [5.41, 5.74) is 3.61. The predicted octanol–water partition coefficient (Wildman–Crippen LogP) is 4.13. The Labute approximate surface area is 191 Å². The highest BCUT2D eigenvalue weighted by Crippen LogP contribution is 2.24. The summed E-state index contributed by atoms with van der Waals surface area (Å²) in [6, 6.07) is 18.1. The van der Waals surface area contributed by atoms with Gasteiger partial charge in [0, 0.05) is 48.8 Å². The van der Waals surface area contributed by atoms with Crippen LogP contribution in [0.2, 0.25) is 0 Å². The first-order chi connectivity index (χ1) is 15.0. The molecule has 1 atom stereocenters. The highest BCUT2D eigenvalue weighted by molar-refractivity contribution is 9.10. The Hall–Kier alpha value is -2.48. The van der Waals surface area contributed by atoms with Gasteiger partial charge in [-0.2, -0.15) is 0 Å². The molecule has 3 aromatic rings. The van der Waals surface area contributed by atoms with Gasteiger partial charge < -0.3 is 14.7 Å². The second-order valence-corrected chi connectivity index (χ2v) is 8.97. The van der Waals surface area contributed by atoms with Crippen molar-refractivity contribution in [3.8, 4) is 11.3 Å². The van der Waals surface area contributed by atoms with Gasteiger partial charge in [0.25, 0.3) is 5.91 Å². The number of rotatable bonds is 6. The van der Waals surface area contributed by atoms with Crippen molar-refractivity contribution in [1.82, 2.24) is 20.3 Å². The van der Waals surface area contributed by atoms with Crippen LogP contribution in [0, 0.1) is 6.92 Å². The van der Waals surface area contributed by atoms with Crippen LogP contribution in [0.3, 0.4) is 0 Å². The summed E-state index contributed by atoms with van der Waals surface area (Å²) in [5, 5.41) is 7.05. The highest BCUT2D eigenvalue weighted by Gasteiger charge is 2.25. The molecule has 1 aliphatic heterocycles. The van der Waals surface area contributed by atoms with E-state index in [1.165, 1.54) is 11.1 Å². The summed E-state index contributed by atoms with van der Waals surface area (Å²) < 4.78 is 6.39. The second-order valence-electron chi connectivity index (χ2n) is 8.06. The third-order valence-electron chi connectivity index (χ3n) is 5.77. The average Bonchev–Trinajstić information content (AvgIpc) is 3.27. The number of piperazine rings is 1. The molecule has 6 nitrogen and oxygen atoms in total. The summed E-state index contributed by atoms with van der Waals surface area (Å²) in [4.78, 5) is 17.6. The maximum Gasteiger partial charge on any atom is 0.273 e. The molecular weight excluding hydrogens is 456 g/mol. The summed E-state index contributed by atoms with van der Waals surface area (Å²) in [5.74, 6) is 0.352. The van der Waals surface area contributed by atoms with E-state index < -0.39 is 0 Å². The molecule has 4 rings (SSSR count). The van der Waals surface area contributed by atoms with Gasteiger partial charge in [0.1, 0.15) is 0 Å². The molecule has 1 amide bonds. The van der Waals surface area contributed by atoms with Crippen LogP contribution in [0.15, 0.2) is 63.6 Å². The Kier molecular flexibility index (Phi) is 6.85. The Morgan fingerprint density at radius 1 is 1.10 bits per heavy atom. The molecule has 2 aromatic carbocycles. The number of aromatic nitrogens is 1. The normalized spacial score (nSPS) is 16.2. The van der Waals surface area contributed by atoms with E-state index >= 15 is 0 Å². The van der Waals surface area contributed by atoms with Crippen molar-refractivity contribution in [2.75, 3.05) is 39.8 Å². The Bertz CT molecular complexity index is 1010. The lowest BCUT2D eigenvalue weighted by Crippen LogP contribution is -2.48. The van der Waals surface area contributed by atoms with E-state index in [1.807, 2.05) is 24.3 Å². The van der Waals surface area contributed by atoms with Crippen LogP contribution in [0.25, 0.3) is 11.3 Å². The van der Waals surface area contributed by atoms with Gasteiger partial charge in [-0.25, -0.2) is 0 Å². The summed E-state index contributed by atoms with van der Waals surface area (Å²) in [6.07, 6.45) is 0. The minimum absolute atomic E-state index is 0.121. The topological polar surface area (TPSA) is 61.6 Å². The molecule has 0 unspecified atom stereocenters. The van der Waals surface area contributed by atoms with Gasteiger partial charge >= 0.3 is 0 Å². The van der Waals surface area contributed by atoms with E-state index in [2.05, 4.69) is 74.4 Å². The van der Waals surface area contributed by atoms with Gasteiger partial charge in [-0.3, -0.25) is 9.69 Å². The molecular formula is C24H27BrN4O2. The third kappa shape index (κ3) is 5.42. The average molecular weight is 483 g/mol. The van der Waals surface area contributed by atoms with Crippen LogP contribution in [-0.2, 0) is 0 Å². The number of amides is 1. The smallest absolute Gasteiger partial charge is 0.273 e. The van der Waals surface area contributed by atoms with Crippen LogP contribution in [0.5, 0.6) is 0 Å². The molecule has 0 spiro atoms. The maximum absolute atomic E-state index is 12.8. The molecule has 1 aromatic heterocycles. The minimum Gasteiger partial charge on any atom is -0.355 e. The molecule has 2 heterocycles. The number of carbonyl (C=O) groups is 1. The van der Waals surface area contributed by atoms with Crippen molar-refractivity contribution in [2.24, 2.45) is 0 Å². The number of hydrogen-bond acceptors (Lipinski definition) is 5. The van der Waals surface area contributed by atoms with Crippen LogP contribution >= 0.6 is 15.9 Å². The van der Waals surface area contributed by atoms with Crippen molar-refractivity contribution in [1.29, 1.82) is 0 Å². The highest BCUT2D eigenvalue weighted by atomic mass is 79.9. The SMILES string of the molecule is Cc1ccc([C@H](CNC(=O)c2cc(-c3ccc(Br)cc3)on2)N2CCN(C)CC2)cc1. The number of likely N-dealkylation sites (N-methyl/N-ethyl adjacent to an activating group) is 1. The van der Waals surface area contributed by atoms with Crippen molar-refractivity contribution in [3.05, 3.63) is 75.9 Å². The first-order valence-corrected chi connectivity index (χ1v) is 11.3. The number of hydrogen-bond donors (Lipinski definition) is 1. The molecule has 162 valence electrons. The molecule has 0 radical (unpaired) electrons. The molecule has 0 saturated carbocycles. The maximum atomic E-state index is 12.8. The number of aryl methyl sites for hydroxylation is 1. The standard InChI is InChI=1S/C24H27BrN4O2/c1-17-3-5-18(6-4-17)22(29-13-11-28(2)12-14-29)16-26-24(30)21-15-23(31-27-21)19-7-9-20(25)10-8-19/h3-10,15,22H,11-14,16H2,1-2H3,(H,26,30)/t22-/m0/s1. The van der Waals surface area contributed by atoms with Gasteiger partial charge in [-0.15, -0.1) is 0 Å². The second kappa shape index (κ2) is 9.77. The monoisotopic (exact) mass is 482 g/mol. The van der Waals surface area contributed by atoms with E-state index in [-0.39, 0.29) is 11.9 Å². The number of carbonyl (C=O) groups excluding carboxylic acids is 1. The minimum atomic E-state index is -0.224. The van der Waals surface area contributed by atoms with Gasteiger partial charge in [-0.05, 0) is 31.7 Å². The molecule has 1 N–H and O–H groups in total. The lowest BCUT2D eigenvalue weighted by molar-refractivity contribution is 0.0878. The Morgan fingerprint density at radius 3 is 2.45 bits per heavy atom. The number of halogens is 1. The van der Waals surface area contributed by atoms with Crippen molar-refractivity contribution in [3.63, 3.8) is 0 Å². The first kappa shape index (κ1) is 21.7. The summed E-state index contributed by atoms with van der Waals surface area (Å²) >= 11 is 3.42. The molecule has 1 fully saturated rings. The molecule has 1 saturated heterocycles. The van der Waals surface area contributed by atoms with Gasteiger partial charge in [0.15, 0.2) is 11.5 Å². The van der Waals surface area contributed by atoms with E-state index in [0.717, 1.165) is 36.2 Å². The summed E-state index contributed by atoms with van der Waals surface area (Å²) in [7, 11) is 2.15. The summed E-state index contributed by atoms with van der Waals surface area (Å²) in [6.45, 7) is 6.60. The fourth-order valence-electron chi connectivity index (χ4n) is 3.79. The van der Waals surface area contributed by atoms with Gasteiger partial charge in [-0.1, -0.05) is 63.0 Å². The fraction of sp³-hybridized carbons (Fsp3) is 0.333. The number of nitrogens with one attached hydrogen (secondary N) is 1. The number of nitrogens with zero attached hydrogens (tertiary/aromatic N) is 3. The van der Waals surface area contributed by atoms with Gasteiger partial charge in [0.2, 0.25) is 0 Å². The Balaban J connectivity index is 1.45. The van der Waals surface area contributed by atoms with Crippen LogP contribution in [-0.4, -0.2) is 60.6 Å². The molecule has 0 aliphatic carbocycles. The van der Waals surface area contributed by atoms with E-state index in [0.29, 0.717) is 18.0 Å². The quantitative estimate of drug-likeness (QED) is 0.572. The van der Waals surface area contributed by atoms with Gasteiger partial charge in [0.05, 0.1) is 6.04 Å². The van der Waals surface area contributed by atoms with E-state index in [9.17, 15) is 4.79 Å². The predicted molar refractivity (Wildman–Crippen MR) is 125 cm³/mol. The van der Waals surface area contributed by atoms with E-state index in [4.69, 9.17) is 4.52 Å². The Morgan fingerprint density at radius 2 is 1.77 bits per heavy atom. The third-order valence-corrected chi connectivity index (χ3v) is 6.30. The molecule has 0 bridgehead atoms. The zero-order valence-corrected chi connectivity index (χ0v) is 19.4. The zero-order valence-electron chi connectivity index (χ0n) is 17.8. The fourth-order valence-corrected chi connectivity index (χ4v) is 4.06. The van der Waals surface area contributed by atoms with E-state index in [1.54, 1.807) is 6.07 Å². The molecule has 31 heavy (non-hydrogen) atoms. The van der Waals surface area contributed by atoms with Crippen LogP contribution in [0.1, 0.15) is 27.7 Å². The van der Waals surface area contributed by atoms with Crippen LogP contribution < -0.4 is 5.32 Å². The van der Waals surface area contributed by atoms with Crippen molar-refractivity contribution in [2.45, 2.75) is 13.0 Å². The lowest BCUT2D eigenvalue weighted by atomic mass is 10.0. The van der Waals surface area contributed by atoms with Crippen LogP contribution in [0.4, 0.5) is 0 Å². The zero-order chi connectivity index (χ0) is 21.8. The van der Waals surface area contributed by atoms with Crippen molar-refractivity contribution >= 4 is 21.8 Å². The number of benzene rings is 2. The lowest BCUT2D eigenvalue weighted by Gasteiger charge is -2.38. The molecule has 7 heteroatoms.